The normalized spacial score (nSPS) is 11.0. The van der Waals surface area contributed by atoms with Crippen LogP contribution in [0, 0.1) is 0 Å². The van der Waals surface area contributed by atoms with Gasteiger partial charge in [0.2, 0.25) is 5.16 Å². The van der Waals surface area contributed by atoms with E-state index in [9.17, 15) is 0 Å². The molecule has 124 valence electrons. The molecule has 0 spiro atoms. The SMILES string of the molecule is CC(C)c1ccc(-n2nnnc2SCCOc2ccccc2)cc1. The summed E-state index contributed by atoms with van der Waals surface area (Å²) in [7, 11) is 0. The average Bonchev–Trinajstić information content (AvgIpc) is 3.08. The van der Waals surface area contributed by atoms with Gasteiger partial charge in [0.15, 0.2) is 0 Å². The van der Waals surface area contributed by atoms with Gasteiger partial charge in [-0.3, -0.25) is 0 Å². The number of rotatable bonds is 7. The van der Waals surface area contributed by atoms with Crippen molar-refractivity contribution in [3.63, 3.8) is 0 Å². The summed E-state index contributed by atoms with van der Waals surface area (Å²) in [5.74, 6) is 2.16. The highest BCUT2D eigenvalue weighted by molar-refractivity contribution is 7.99. The zero-order chi connectivity index (χ0) is 16.8. The predicted molar refractivity (Wildman–Crippen MR) is 95.9 cm³/mol. The Hall–Kier alpha value is -2.34. The van der Waals surface area contributed by atoms with Gasteiger partial charge in [0.05, 0.1) is 12.3 Å². The molecule has 3 rings (SSSR count). The van der Waals surface area contributed by atoms with Gasteiger partial charge >= 0.3 is 0 Å². The summed E-state index contributed by atoms with van der Waals surface area (Å²) >= 11 is 1.58. The van der Waals surface area contributed by atoms with Gasteiger partial charge in [-0.05, 0) is 46.2 Å². The Morgan fingerprint density at radius 2 is 1.79 bits per heavy atom. The first-order valence-electron chi connectivity index (χ1n) is 7.93. The zero-order valence-electron chi connectivity index (χ0n) is 13.8. The van der Waals surface area contributed by atoms with Gasteiger partial charge < -0.3 is 4.74 Å². The van der Waals surface area contributed by atoms with Crippen molar-refractivity contribution in [1.29, 1.82) is 0 Å². The van der Waals surface area contributed by atoms with Crippen molar-refractivity contribution in [2.75, 3.05) is 12.4 Å². The number of tetrazole rings is 1. The van der Waals surface area contributed by atoms with Crippen LogP contribution in [0.5, 0.6) is 5.75 Å². The van der Waals surface area contributed by atoms with Crippen molar-refractivity contribution < 1.29 is 4.74 Å². The summed E-state index contributed by atoms with van der Waals surface area (Å²) in [5.41, 5.74) is 2.27. The van der Waals surface area contributed by atoms with Crippen LogP contribution in [0.25, 0.3) is 5.69 Å². The number of para-hydroxylation sites is 1. The lowest BCUT2D eigenvalue weighted by Gasteiger charge is -2.08. The molecule has 0 aliphatic rings. The third-order valence-electron chi connectivity index (χ3n) is 3.57. The molecule has 0 N–H and O–H groups in total. The fraction of sp³-hybridized carbons (Fsp3) is 0.278. The summed E-state index contributed by atoms with van der Waals surface area (Å²) < 4.78 is 7.45. The third-order valence-corrected chi connectivity index (χ3v) is 4.46. The molecule has 0 fully saturated rings. The van der Waals surface area contributed by atoms with Crippen LogP contribution in [0.1, 0.15) is 25.3 Å². The molecular formula is C18H20N4OS. The molecule has 0 atom stereocenters. The van der Waals surface area contributed by atoms with Crippen molar-refractivity contribution in [1.82, 2.24) is 20.2 Å². The first-order valence-corrected chi connectivity index (χ1v) is 8.92. The second-order valence-corrected chi connectivity index (χ2v) is 6.69. The Balaban J connectivity index is 1.59. The highest BCUT2D eigenvalue weighted by Crippen LogP contribution is 2.21. The van der Waals surface area contributed by atoms with Crippen LogP contribution in [0.3, 0.4) is 0 Å². The number of hydrogen-bond donors (Lipinski definition) is 0. The molecule has 0 amide bonds. The van der Waals surface area contributed by atoms with Gasteiger partial charge in [-0.2, -0.15) is 4.68 Å². The monoisotopic (exact) mass is 340 g/mol. The fourth-order valence-corrected chi connectivity index (χ4v) is 2.95. The van der Waals surface area contributed by atoms with Gasteiger partial charge in [-0.25, -0.2) is 0 Å². The van der Waals surface area contributed by atoms with E-state index in [2.05, 4.69) is 53.6 Å². The molecule has 0 unspecified atom stereocenters. The maximum atomic E-state index is 5.69. The van der Waals surface area contributed by atoms with Crippen LogP contribution in [0.15, 0.2) is 59.8 Å². The van der Waals surface area contributed by atoms with Crippen LogP contribution in [0.2, 0.25) is 0 Å². The quantitative estimate of drug-likeness (QED) is 0.481. The molecule has 0 bridgehead atoms. The molecule has 6 heteroatoms. The molecule has 24 heavy (non-hydrogen) atoms. The largest absolute Gasteiger partial charge is 0.493 e. The molecule has 1 aromatic heterocycles. The highest BCUT2D eigenvalue weighted by atomic mass is 32.2. The highest BCUT2D eigenvalue weighted by Gasteiger charge is 2.09. The second-order valence-electron chi connectivity index (χ2n) is 5.63. The fourth-order valence-electron chi connectivity index (χ4n) is 2.24. The molecule has 3 aromatic rings. The minimum absolute atomic E-state index is 0.511. The molecular weight excluding hydrogens is 320 g/mol. The van der Waals surface area contributed by atoms with Gasteiger partial charge in [-0.1, -0.05) is 55.9 Å². The van der Waals surface area contributed by atoms with Gasteiger partial charge in [0.1, 0.15) is 5.75 Å². The maximum Gasteiger partial charge on any atom is 0.214 e. The van der Waals surface area contributed by atoms with E-state index in [1.165, 1.54) is 5.56 Å². The topological polar surface area (TPSA) is 52.8 Å². The van der Waals surface area contributed by atoms with Crippen molar-refractivity contribution in [2.45, 2.75) is 24.9 Å². The Kier molecular flexibility index (Phi) is 5.48. The Morgan fingerprint density at radius 1 is 1.04 bits per heavy atom. The zero-order valence-corrected chi connectivity index (χ0v) is 14.6. The van der Waals surface area contributed by atoms with E-state index in [4.69, 9.17) is 4.74 Å². The van der Waals surface area contributed by atoms with Crippen LogP contribution in [-0.4, -0.2) is 32.6 Å². The first-order chi connectivity index (χ1) is 11.7. The summed E-state index contributed by atoms with van der Waals surface area (Å²) in [5, 5.41) is 12.8. The van der Waals surface area contributed by atoms with Crippen LogP contribution < -0.4 is 4.74 Å². The summed E-state index contributed by atoms with van der Waals surface area (Å²) in [6, 6.07) is 18.1. The van der Waals surface area contributed by atoms with E-state index in [1.807, 2.05) is 30.3 Å². The smallest absolute Gasteiger partial charge is 0.214 e. The summed E-state index contributed by atoms with van der Waals surface area (Å²) in [6.07, 6.45) is 0. The van der Waals surface area contributed by atoms with Gasteiger partial charge in [0.25, 0.3) is 0 Å². The molecule has 0 aliphatic carbocycles. The van der Waals surface area contributed by atoms with Crippen molar-refractivity contribution >= 4 is 11.8 Å². The Labute approximate surface area is 146 Å². The van der Waals surface area contributed by atoms with E-state index in [-0.39, 0.29) is 0 Å². The molecule has 0 saturated carbocycles. The average molecular weight is 340 g/mol. The number of ether oxygens (including phenoxy) is 1. The van der Waals surface area contributed by atoms with Gasteiger partial charge in [-0.15, -0.1) is 5.10 Å². The van der Waals surface area contributed by atoms with E-state index in [0.29, 0.717) is 12.5 Å². The molecule has 5 nitrogen and oxygen atoms in total. The van der Waals surface area contributed by atoms with Crippen molar-refractivity contribution in [3.05, 3.63) is 60.2 Å². The van der Waals surface area contributed by atoms with E-state index < -0.39 is 0 Å². The molecule has 2 aromatic carbocycles. The number of hydrogen-bond acceptors (Lipinski definition) is 5. The first kappa shape index (κ1) is 16.5. The minimum atomic E-state index is 0.511. The second kappa shape index (κ2) is 7.97. The van der Waals surface area contributed by atoms with Crippen LogP contribution >= 0.6 is 11.8 Å². The van der Waals surface area contributed by atoms with E-state index >= 15 is 0 Å². The molecule has 0 radical (unpaired) electrons. The van der Waals surface area contributed by atoms with E-state index in [0.717, 1.165) is 22.3 Å². The number of benzene rings is 2. The number of aromatic nitrogens is 4. The lowest BCUT2D eigenvalue weighted by molar-refractivity contribution is 0.344. The molecule has 1 heterocycles. The third kappa shape index (κ3) is 4.14. The Bertz CT molecular complexity index is 756. The lowest BCUT2D eigenvalue weighted by Crippen LogP contribution is -2.03. The lowest BCUT2D eigenvalue weighted by atomic mass is 10.0. The predicted octanol–water partition coefficient (Wildman–Crippen LogP) is 3.96. The molecule has 0 aliphatic heterocycles. The Morgan fingerprint density at radius 3 is 2.50 bits per heavy atom. The summed E-state index contributed by atoms with van der Waals surface area (Å²) in [4.78, 5) is 0. The van der Waals surface area contributed by atoms with Crippen LogP contribution in [0.4, 0.5) is 0 Å². The standard InChI is InChI=1S/C18H20N4OS/c1-14(2)15-8-10-16(11-9-15)22-18(19-20-21-22)24-13-12-23-17-6-4-3-5-7-17/h3-11,14H,12-13H2,1-2H3. The summed E-state index contributed by atoms with van der Waals surface area (Å²) in [6.45, 7) is 4.97. The maximum absolute atomic E-state index is 5.69. The minimum Gasteiger partial charge on any atom is -0.493 e. The van der Waals surface area contributed by atoms with Crippen LogP contribution in [-0.2, 0) is 0 Å². The number of thioether (sulfide) groups is 1. The van der Waals surface area contributed by atoms with Gasteiger partial charge in [0, 0.05) is 5.75 Å². The van der Waals surface area contributed by atoms with E-state index in [1.54, 1.807) is 16.4 Å². The molecule has 0 saturated heterocycles. The van der Waals surface area contributed by atoms with Crippen molar-refractivity contribution in [2.24, 2.45) is 0 Å². The number of nitrogens with zero attached hydrogens (tertiary/aromatic N) is 4. The van der Waals surface area contributed by atoms with Crippen molar-refractivity contribution in [3.8, 4) is 11.4 Å².